The predicted molar refractivity (Wildman–Crippen MR) is 104 cm³/mol. The van der Waals surface area contributed by atoms with Gasteiger partial charge in [0.25, 0.3) is 0 Å². The maximum Gasteiger partial charge on any atom is 0.315 e. The Kier molecular flexibility index (Phi) is 7.46. The topological polar surface area (TPSA) is 59.6 Å². The van der Waals surface area contributed by atoms with E-state index in [1.165, 1.54) is 6.07 Å². The first kappa shape index (κ1) is 20.6. The molecule has 0 aliphatic rings. The minimum Gasteiger partial charge on any atom is -0.493 e. The minimum atomic E-state index is -0.305. The SMILES string of the molecule is COc1cc(C(C)NC(=O)NCCc2ccccc2F)ccc1OC(C)C. The van der Waals surface area contributed by atoms with Gasteiger partial charge in [-0.15, -0.1) is 0 Å². The summed E-state index contributed by atoms with van der Waals surface area (Å²) in [6, 6.07) is 11.6. The van der Waals surface area contributed by atoms with E-state index in [4.69, 9.17) is 9.47 Å². The Labute approximate surface area is 159 Å². The van der Waals surface area contributed by atoms with E-state index >= 15 is 0 Å². The first-order valence-electron chi connectivity index (χ1n) is 9.03. The van der Waals surface area contributed by atoms with Crippen molar-refractivity contribution in [1.82, 2.24) is 10.6 Å². The van der Waals surface area contributed by atoms with E-state index in [0.717, 1.165) is 5.56 Å². The Morgan fingerprint density at radius 2 is 1.85 bits per heavy atom. The van der Waals surface area contributed by atoms with Gasteiger partial charge in [-0.1, -0.05) is 24.3 Å². The summed E-state index contributed by atoms with van der Waals surface area (Å²) in [5, 5.41) is 5.62. The Hall–Kier alpha value is -2.76. The number of hydrogen-bond acceptors (Lipinski definition) is 3. The smallest absolute Gasteiger partial charge is 0.315 e. The third-order valence-electron chi connectivity index (χ3n) is 4.04. The van der Waals surface area contributed by atoms with Crippen molar-refractivity contribution in [3.8, 4) is 11.5 Å². The molecule has 0 aromatic heterocycles. The van der Waals surface area contributed by atoms with Crippen molar-refractivity contribution in [2.75, 3.05) is 13.7 Å². The van der Waals surface area contributed by atoms with Crippen molar-refractivity contribution in [2.24, 2.45) is 0 Å². The predicted octanol–water partition coefficient (Wildman–Crippen LogP) is 4.22. The number of carbonyl (C=O) groups is 1. The summed E-state index contributed by atoms with van der Waals surface area (Å²) in [5.41, 5.74) is 1.48. The average molecular weight is 374 g/mol. The van der Waals surface area contributed by atoms with Gasteiger partial charge in [-0.25, -0.2) is 9.18 Å². The Bertz CT molecular complexity index is 765. The first-order valence-corrected chi connectivity index (χ1v) is 9.03. The van der Waals surface area contributed by atoms with Gasteiger partial charge in [-0.2, -0.15) is 0 Å². The number of methoxy groups -OCH3 is 1. The number of halogens is 1. The molecule has 1 unspecified atom stereocenters. The van der Waals surface area contributed by atoms with Crippen LogP contribution in [0.4, 0.5) is 9.18 Å². The standard InChI is InChI=1S/C21H27FN2O3/c1-14(2)27-19-10-9-17(13-20(19)26-4)15(3)24-21(25)23-12-11-16-7-5-6-8-18(16)22/h5-10,13-15H,11-12H2,1-4H3,(H2,23,24,25). The van der Waals surface area contributed by atoms with E-state index in [1.807, 2.05) is 39.0 Å². The molecule has 2 N–H and O–H groups in total. The fourth-order valence-electron chi connectivity index (χ4n) is 2.65. The van der Waals surface area contributed by atoms with E-state index < -0.39 is 0 Å². The van der Waals surface area contributed by atoms with Crippen molar-refractivity contribution in [1.29, 1.82) is 0 Å². The van der Waals surface area contributed by atoms with Gasteiger partial charge in [0.05, 0.1) is 19.3 Å². The first-order chi connectivity index (χ1) is 12.9. The van der Waals surface area contributed by atoms with E-state index in [2.05, 4.69) is 10.6 Å². The lowest BCUT2D eigenvalue weighted by atomic mass is 10.1. The molecule has 0 radical (unpaired) electrons. The largest absolute Gasteiger partial charge is 0.493 e. The van der Waals surface area contributed by atoms with Gasteiger partial charge in [-0.05, 0) is 56.5 Å². The number of carbonyl (C=O) groups excluding carboxylic acids is 1. The molecule has 0 heterocycles. The van der Waals surface area contributed by atoms with E-state index in [1.54, 1.807) is 25.3 Å². The molecule has 2 rings (SSSR count). The van der Waals surface area contributed by atoms with E-state index in [9.17, 15) is 9.18 Å². The highest BCUT2D eigenvalue weighted by molar-refractivity contribution is 5.74. The number of nitrogens with one attached hydrogen (secondary N) is 2. The molecule has 0 aliphatic heterocycles. The lowest BCUT2D eigenvalue weighted by molar-refractivity contribution is 0.230. The summed E-state index contributed by atoms with van der Waals surface area (Å²) in [6.45, 7) is 6.13. The molecule has 0 bridgehead atoms. The lowest BCUT2D eigenvalue weighted by Gasteiger charge is -2.18. The summed E-state index contributed by atoms with van der Waals surface area (Å²) < 4.78 is 24.7. The van der Waals surface area contributed by atoms with Crippen LogP contribution >= 0.6 is 0 Å². The van der Waals surface area contributed by atoms with Crippen molar-refractivity contribution in [3.63, 3.8) is 0 Å². The van der Waals surface area contributed by atoms with Crippen LogP contribution in [0.2, 0.25) is 0 Å². The summed E-state index contributed by atoms with van der Waals surface area (Å²) in [4.78, 5) is 12.1. The average Bonchev–Trinajstić information content (AvgIpc) is 2.63. The fraction of sp³-hybridized carbons (Fsp3) is 0.381. The molecule has 0 fully saturated rings. The number of urea groups is 1. The van der Waals surface area contributed by atoms with Crippen LogP contribution in [0.15, 0.2) is 42.5 Å². The zero-order valence-corrected chi connectivity index (χ0v) is 16.2. The van der Waals surface area contributed by atoms with Crippen LogP contribution in [0, 0.1) is 5.82 Å². The van der Waals surface area contributed by atoms with Crippen molar-refractivity contribution < 1.29 is 18.7 Å². The van der Waals surface area contributed by atoms with Crippen LogP contribution < -0.4 is 20.1 Å². The zero-order valence-electron chi connectivity index (χ0n) is 16.2. The Morgan fingerprint density at radius 3 is 2.52 bits per heavy atom. The molecule has 2 aromatic rings. The number of rotatable bonds is 8. The molecule has 2 aromatic carbocycles. The van der Waals surface area contributed by atoms with Crippen LogP contribution in [0.5, 0.6) is 11.5 Å². The van der Waals surface area contributed by atoms with Gasteiger partial charge in [0.2, 0.25) is 0 Å². The highest BCUT2D eigenvalue weighted by atomic mass is 19.1. The molecule has 2 amide bonds. The van der Waals surface area contributed by atoms with Crippen molar-refractivity contribution in [2.45, 2.75) is 39.3 Å². The number of ether oxygens (including phenoxy) is 2. The summed E-state index contributed by atoms with van der Waals surface area (Å²) in [5.74, 6) is 1.02. The maximum atomic E-state index is 13.6. The summed E-state index contributed by atoms with van der Waals surface area (Å²) in [7, 11) is 1.58. The summed E-state index contributed by atoms with van der Waals surface area (Å²) >= 11 is 0. The van der Waals surface area contributed by atoms with E-state index in [-0.39, 0.29) is 24.0 Å². The van der Waals surface area contributed by atoms with Gasteiger partial charge >= 0.3 is 6.03 Å². The second-order valence-electron chi connectivity index (χ2n) is 6.54. The highest BCUT2D eigenvalue weighted by Crippen LogP contribution is 2.31. The molecular weight excluding hydrogens is 347 g/mol. The third-order valence-corrected chi connectivity index (χ3v) is 4.04. The quantitative estimate of drug-likeness (QED) is 0.727. The number of benzene rings is 2. The monoisotopic (exact) mass is 374 g/mol. The zero-order chi connectivity index (χ0) is 19.8. The van der Waals surface area contributed by atoms with E-state index in [0.29, 0.717) is 30.0 Å². The highest BCUT2D eigenvalue weighted by Gasteiger charge is 2.13. The third kappa shape index (κ3) is 6.16. The van der Waals surface area contributed by atoms with Gasteiger partial charge in [0.15, 0.2) is 11.5 Å². The minimum absolute atomic E-state index is 0.0422. The van der Waals surface area contributed by atoms with Crippen LogP contribution in [0.3, 0.4) is 0 Å². The van der Waals surface area contributed by atoms with Gasteiger partial charge in [0, 0.05) is 6.54 Å². The van der Waals surface area contributed by atoms with Crippen LogP contribution in [0.1, 0.15) is 37.9 Å². The van der Waals surface area contributed by atoms with Gasteiger partial charge in [-0.3, -0.25) is 0 Å². The van der Waals surface area contributed by atoms with Crippen LogP contribution in [-0.2, 0) is 6.42 Å². The molecule has 27 heavy (non-hydrogen) atoms. The normalized spacial score (nSPS) is 11.8. The molecule has 0 spiro atoms. The fourth-order valence-corrected chi connectivity index (χ4v) is 2.65. The molecule has 0 saturated heterocycles. The molecule has 6 heteroatoms. The summed E-state index contributed by atoms with van der Waals surface area (Å²) in [6.07, 6.45) is 0.476. The van der Waals surface area contributed by atoms with Crippen LogP contribution in [-0.4, -0.2) is 25.8 Å². The Balaban J connectivity index is 1.89. The van der Waals surface area contributed by atoms with Crippen LogP contribution in [0.25, 0.3) is 0 Å². The van der Waals surface area contributed by atoms with Crippen molar-refractivity contribution in [3.05, 3.63) is 59.4 Å². The number of amides is 2. The molecule has 0 saturated carbocycles. The maximum absolute atomic E-state index is 13.6. The van der Waals surface area contributed by atoms with Crippen molar-refractivity contribution >= 4 is 6.03 Å². The second-order valence-corrected chi connectivity index (χ2v) is 6.54. The molecule has 1 atom stereocenters. The van der Waals surface area contributed by atoms with Gasteiger partial charge < -0.3 is 20.1 Å². The molecule has 146 valence electrons. The molecule has 5 nitrogen and oxygen atoms in total. The second kappa shape index (κ2) is 9.80. The van der Waals surface area contributed by atoms with Gasteiger partial charge in [0.1, 0.15) is 5.82 Å². The molecule has 0 aliphatic carbocycles. The lowest BCUT2D eigenvalue weighted by Crippen LogP contribution is -2.38. The molecular formula is C21H27FN2O3. The Morgan fingerprint density at radius 1 is 1.11 bits per heavy atom. The number of hydrogen-bond donors (Lipinski definition) is 2.